The van der Waals surface area contributed by atoms with E-state index in [0.29, 0.717) is 11.8 Å². The third kappa shape index (κ3) is 3.61. The number of carbonyl (C=O) groups is 1. The number of hydrogen-bond donors (Lipinski definition) is 1. The highest BCUT2D eigenvalue weighted by Crippen LogP contribution is 2.54. The molecule has 5 rings (SSSR count). The van der Waals surface area contributed by atoms with Crippen LogP contribution in [0.25, 0.3) is 0 Å². The molecule has 0 aromatic carbocycles. The van der Waals surface area contributed by atoms with E-state index in [9.17, 15) is 4.79 Å². The molecule has 3 heterocycles. The van der Waals surface area contributed by atoms with Gasteiger partial charge in [-0.05, 0) is 70.9 Å². The van der Waals surface area contributed by atoms with Crippen LogP contribution < -0.4 is 5.32 Å². The quantitative estimate of drug-likeness (QED) is 0.815. The van der Waals surface area contributed by atoms with Crippen molar-refractivity contribution < 1.29 is 9.63 Å². The van der Waals surface area contributed by atoms with Crippen LogP contribution in [0.1, 0.15) is 66.9 Å². The van der Waals surface area contributed by atoms with E-state index >= 15 is 0 Å². The molecule has 4 aliphatic rings. The van der Waals surface area contributed by atoms with Crippen molar-refractivity contribution >= 4 is 23.0 Å². The van der Waals surface area contributed by atoms with Crippen molar-refractivity contribution in [3.63, 3.8) is 0 Å². The molecule has 7 heteroatoms. The largest absolute Gasteiger partial charge is 0.391 e. The molecule has 0 radical (unpaired) electrons. The molecular weight excluding hydrogens is 384 g/mol. The van der Waals surface area contributed by atoms with Crippen LogP contribution in [0.2, 0.25) is 0 Å². The van der Waals surface area contributed by atoms with Crippen LogP contribution in [-0.4, -0.2) is 46.7 Å². The average Bonchev–Trinajstić information content (AvgIpc) is 3.46. The van der Waals surface area contributed by atoms with Crippen molar-refractivity contribution in [2.45, 2.75) is 83.9 Å². The van der Waals surface area contributed by atoms with Gasteiger partial charge in [0.25, 0.3) is 5.91 Å². The normalized spacial score (nSPS) is 29.1. The molecule has 1 N–H and O–H groups in total. The number of likely N-dealkylation sites (tertiary alicyclic amines) is 1. The lowest BCUT2D eigenvalue weighted by Gasteiger charge is -2.42. The summed E-state index contributed by atoms with van der Waals surface area (Å²) in [5.74, 6) is 0.210. The van der Waals surface area contributed by atoms with Gasteiger partial charge in [0.15, 0.2) is 5.71 Å². The molecule has 1 aromatic heterocycles. The first kappa shape index (κ1) is 19.5. The van der Waals surface area contributed by atoms with Crippen molar-refractivity contribution in [3.8, 4) is 0 Å². The summed E-state index contributed by atoms with van der Waals surface area (Å²) >= 11 is 1.82. The van der Waals surface area contributed by atoms with Crippen molar-refractivity contribution in [2.24, 2.45) is 16.5 Å². The summed E-state index contributed by atoms with van der Waals surface area (Å²) in [6.45, 7) is 7.37. The monoisotopic (exact) mass is 416 g/mol. The lowest BCUT2D eigenvalue weighted by Crippen LogP contribution is -2.48. The summed E-state index contributed by atoms with van der Waals surface area (Å²) < 4.78 is 0. The fourth-order valence-corrected chi connectivity index (χ4v) is 7.04. The molecule has 0 bridgehead atoms. The number of oxime groups is 1. The summed E-state index contributed by atoms with van der Waals surface area (Å²) in [4.78, 5) is 27.3. The van der Waals surface area contributed by atoms with Crippen molar-refractivity contribution in [2.75, 3.05) is 13.1 Å². The smallest absolute Gasteiger partial charge is 0.269 e. The second kappa shape index (κ2) is 7.65. The Kier molecular flexibility index (Phi) is 5.14. The lowest BCUT2D eigenvalue weighted by atomic mass is 9.68. The van der Waals surface area contributed by atoms with Gasteiger partial charge in [-0.1, -0.05) is 18.0 Å². The van der Waals surface area contributed by atoms with Crippen molar-refractivity contribution in [3.05, 3.63) is 15.6 Å². The van der Waals surface area contributed by atoms with Gasteiger partial charge in [0, 0.05) is 17.5 Å². The van der Waals surface area contributed by atoms with E-state index in [1.807, 2.05) is 11.3 Å². The highest BCUT2D eigenvalue weighted by molar-refractivity contribution is 7.11. The van der Waals surface area contributed by atoms with Crippen LogP contribution in [0, 0.1) is 25.2 Å². The van der Waals surface area contributed by atoms with Crippen LogP contribution in [0.4, 0.5) is 0 Å². The summed E-state index contributed by atoms with van der Waals surface area (Å²) in [5.41, 5.74) is 2.04. The highest BCUT2D eigenvalue weighted by Gasteiger charge is 2.57. The first-order valence-electron chi connectivity index (χ1n) is 11.2. The molecule has 3 fully saturated rings. The third-order valence-electron chi connectivity index (χ3n) is 7.68. The maximum Gasteiger partial charge on any atom is 0.269 e. The number of piperidine rings is 1. The van der Waals surface area contributed by atoms with Gasteiger partial charge >= 0.3 is 0 Å². The molecule has 1 spiro atoms. The van der Waals surface area contributed by atoms with Gasteiger partial charge in [-0.25, -0.2) is 4.98 Å². The Balaban J connectivity index is 1.24. The number of nitrogens with one attached hydrogen (secondary N) is 1. The van der Waals surface area contributed by atoms with E-state index in [1.54, 1.807) is 0 Å². The second-order valence-electron chi connectivity index (χ2n) is 9.47. The zero-order valence-electron chi connectivity index (χ0n) is 17.6. The summed E-state index contributed by atoms with van der Waals surface area (Å²) in [6, 6.07) is 0.328. The Morgan fingerprint density at radius 3 is 2.66 bits per heavy atom. The van der Waals surface area contributed by atoms with Crippen LogP contribution >= 0.6 is 11.3 Å². The van der Waals surface area contributed by atoms with Gasteiger partial charge in [0.05, 0.1) is 16.6 Å². The molecule has 2 aliphatic heterocycles. The number of amides is 1. The minimum absolute atomic E-state index is 0.0314. The number of nitrogens with zero attached hydrogens (tertiary/aromatic N) is 3. The molecule has 1 aromatic rings. The van der Waals surface area contributed by atoms with E-state index in [4.69, 9.17) is 4.84 Å². The summed E-state index contributed by atoms with van der Waals surface area (Å²) in [6.07, 6.45) is 9.20. The molecule has 2 saturated carbocycles. The van der Waals surface area contributed by atoms with Gasteiger partial charge in [0.2, 0.25) is 0 Å². The van der Waals surface area contributed by atoms with E-state index in [1.165, 1.54) is 23.4 Å². The van der Waals surface area contributed by atoms with Gasteiger partial charge < -0.3 is 10.2 Å². The molecule has 6 nitrogen and oxygen atoms in total. The predicted molar refractivity (Wildman–Crippen MR) is 114 cm³/mol. The summed E-state index contributed by atoms with van der Waals surface area (Å²) in [7, 11) is 0. The van der Waals surface area contributed by atoms with Crippen LogP contribution in [0.15, 0.2) is 5.16 Å². The van der Waals surface area contributed by atoms with Crippen LogP contribution in [0.3, 0.4) is 0 Å². The maximum absolute atomic E-state index is 13.0. The Morgan fingerprint density at radius 1 is 1.21 bits per heavy atom. The topological polar surface area (TPSA) is 66.8 Å². The number of thiazole rings is 1. The van der Waals surface area contributed by atoms with Gasteiger partial charge in [0.1, 0.15) is 6.10 Å². The van der Waals surface area contributed by atoms with Gasteiger partial charge in [-0.15, -0.1) is 11.3 Å². The Hall–Kier alpha value is -1.47. The van der Waals surface area contributed by atoms with E-state index in [2.05, 4.69) is 34.2 Å². The molecule has 29 heavy (non-hydrogen) atoms. The molecule has 1 saturated heterocycles. The highest BCUT2D eigenvalue weighted by atomic mass is 32.1. The number of aryl methyl sites for hydroxylation is 2. The molecule has 158 valence electrons. The van der Waals surface area contributed by atoms with E-state index in [0.717, 1.165) is 63.2 Å². The Morgan fingerprint density at radius 2 is 1.97 bits per heavy atom. The summed E-state index contributed by atoms with van der Waals surface area (Å²) in [5, 5.41) is 8.69. The minimum atomic E-state index is 0.0314. The van der Waals surface area contributed by atoms with Crippen LogP contribution in [-0.2, 0) is 16.2 Å². The molecule has 0 unspecified atom stereocenters. The maximum atomic E-state index is 13.0. The third-order valence-corrected chi connectivity index (χ3v) is 8.74. The molecular formula is C22H32N4O2S. The zero-order valence-corrected chi connectivity index (χ0v) is 18.4. The first-order chi connectivity index (χ1) is 14.0. The van der Waals surface area contributed by atoms with E-state index < -0.39 is 0 Å². The standard InChI is InChI=1S/C22H32N4O2S/c1-14-18(29-15(2)23-14)13-26-11-9-22(10-12-26)8-7-17-19(22)20(25-28-17)21(27)24-16-5-3-4-6-16/h16-17,19H,3-13H2,1-2H3,(H,24,27)/t17-,19+/m0/s1. The number of carbonyl (C=O) groups excluding carboxylic acids is 1. The zero-order chi connectivity index (χ0) is 20.0. The first-order valence-corrected chi connectivity index (χ1v) is 12.1. The SMILES string of the molecule is Cc1nc(C)c(CN2CCC3(CC[C@@H]4ON=C(C(=O)NC5CCCC5)[C@@H]43)CC2)s1. The second-order valence-corrected chi connectivity index (χ2v) is 10.8. The Labute approximate surface area is 177 Å². The predicted octanol–water partition coefficient (Wildman–Crippen LogP) is 3.57. The van der Waals surface area contributed by atoms with Crippen LogP contribution in [0.5, 0.6) is 0 Å². The van der Waals surface area contributed by atoms with Crippen molar-refractivity contribution in [1.29, 1.82) is 0 Å². The van der Waals surface area contributed by atoms with Gasteiger partial charge in [-0.2, -0.15) is 0 Å². The van der Waals surface area contributed by atoms with Crippen molar-refractivity contribution in [1.82, 2.24) is 15.2 Å². The molecule has 1 amide bonds. The number of rotatable bonds is 4. The van der Waals surface area contributed by atoms with Gasteiger partial charge in [-0.3, -0.25) is 9.69 Å². The fraction of sp³-hybridized carbons (Fsp3) is 0.773. The number of aromatic nitrogens is 1. The fourth-order valence-electron chi connectivity index (χ4n) is 6.06. The minimum Gasteiger partial charge on any atom is -0.391 e. The average molecular weight is 417 g/mol. The molecule has 2 atom stereocenters. The number of hydrogen-bond acceptors (Lipinski definition) is 6. The Bertz CT molecular complexity index is 806. The lowest BCUT2D eigenvalue weighted by molar-refractivity contribution is -0.115. The molecule has 2 aliphatic carbocycles. The van der Waals surface area contributed by atoms with E-state index in [-0.39, 0.29) is 23.3 Å². The number of fused-ring (bicyclic) bond motifs is 2.